The molecular formula is C23H27N5O2. The Morgan fingerprint density at radius 2 is 1.90 bits per heavy atom. The molecule has 1 fully saturated rings. The van der Waals surface area contributed by atoms with Crippen LogP contribution in [0.25, 0.3) is 0 Å². The number of carbonyl (C=O) groups excluding carboxylic acids is 1. The molecule has 0 unspecified atom stereocenters. The van der Waals surface area contributed by atoms with E-state index in [0.29, 0.717) is 24.0 Å². The molecule has 0 radical (unpaired) electrons. The Kier molecular flexibility index (Phi) is 4.81. The van der Waals surface area contributed by atoms with Gasteiger partial charge in [0, 0.05) is 41.9 Å². The molecule has 7 nitrogen and oxygen atoms in total. The standard InChI is InChI=1S/C23H27N5O2/c1-30-17-11-4-3-8-14(17)18-19-15(9-7-10-16(19)29)25-22-20(18)21(24)26-23(27-22)28-12-5-2-6-13-28/h3-4,8,11,18H,2,5-7,9-10,12-13H2,1H3,(H3,24,25,26,27)/t18-/m1/s1. The highest BCUT2D eigenvalue weighted by Crippen LogP contribution is 2.48. The second kappa shape index (κ2) is 7.63. The third kappa shape index (κ3) is 3.09. The number of methoxy groups -OCH3 is 1. The van der Waals surface area contributed by atoms with Crippen LogP contribution in [0.15, 0.2) is 35.5 Å². The third-order valence-corrected chi connectivity index (χ3v) is 6.35. The van der Waals surface area contributed by atoms with Crippen molar-refractivity contribution in [1.29, 1.82) is 0 Å². The quantitative estimate of drug-likeness (QED) is 0.805. The number of nitrogen functional groups attached to an aromatic ring is 1. The van der Waals surface area contributed by atoms with Gasteiger partial charge in [-0.15, -0.1) is 0 Å². The van der Waals surface area contributed by atoms with E-state index in [-0.39, 0.29) is 11.7 Å². The molecule has 3 heterocycles. The van der Waals surface area contributed by atoms with E-state index in [2.05, 4.69) is 15.2 Å². The molecule has 7 heteroatoms. The van der Waals surface area contributed by atoms with Crippen molar-refractivity contribution < 1.29 is 9.53 Å². The zero-order valence-electron chi connectivity index (χ0n) is 17.3. The van der Waals surface area contributed by atoms with Gasteiger partial charge in [-0.3, -0.25) is 4.79 Å². The van der Waals surface area contributed by atoms with E-state index >= 15 is 0 Å². The fourth-order valence-corrected chi connectivity index (χ4v) is 4.92. The molecule has 1 aromatic heterocycles. The van der Waals surface area contributed by atoms with Crippen LogP contribution in [0.2, 0.25) is 0 Å². The Morgan fingerprint density at radius 3 is 2.70 bits per heavy atom. The van der Waals surface area contributed by atoms with Crippen molar-refractivity contribution in [3.05, 3.63) is 46.7 Å². The van der Waals surface area contributed by atoms with E-state index in [0.717, 1.165) is 66.9 Å². The van der Waals surface area contributed by atoms with Gasteiger partial charge in [0.05, 0.1) is 13.0 Å². The lowest BCUT2D eigenvalue weighted by Gasteiger charge is -2.35. The summed E-state index contributed by atoms with van der Waals surface area (Å²) in [6.45, 7) is 1.89. The number of para-hydroxylation sites is 1. The monoisotopic (exact) mass is 405 g/mol. The molecule has 1 atom stereocenters. The number of nitrogens with zero attached hydrogens (tertiary/aromatic N) is 3. The number of nitrogens with one attached hydrogen (secondary N) is 1. The van der Waals surface area contributed by atoms with E-state index in [1.165, 1.54) is 6.42 Å². The first-order valence-corrected chi connectivity index (χ1v) is 10.8. The summed E-state index contributed by atoms with van der Waals surface area (Å²) < 4.78 is 5.64. The van der Waals surface area contributed by atoms with E-state index < -0.39 is 0 Å². The lowest BCUT2D eigenvalue weighted by molar-refractivity contribution is -0.116. The number of hydrogen-bond donors (Lipinski definition) is 2. The van der Waals surface area contributed by atoms with Gasteiger partial charge in [-0.2, -0.15) is 9.97 Å². The molecule has 0 amide bonds. The topological polar surface area (TPSA) is 93.4 Å². The van der Waals surface area contributed by atoms with Gasteiger partial charge in [-0.25, -0.2) is 0 Å². The Bertz CT molecular complexity index is 1030. The number of Topliss-reactive ketones (excluding diaryl/α,β-unsaturated/α-hetero) is 1. The molecule has 156 valence electrons. The van der Waals surface area contributed by atoms with Gasteiger partial charge in [0.25, 0.3) is 0 Å². The highest BCUT2D eigenvalue weighted by atomic mass is 16.5. The summed E-state index contributed by atoms with van der Waals surface area (Å²) in [7, 11) is 1.65. The van der Waals surface area contributed by atoms with Gasteiger partial charge in [-0.05, 0) is 38.2 Å². The number of allylic oxidation sites excluding steroid dienone is 2. The molecule has 0 spiro atoms. The smallest absolute Gasteiger partial charge is 0.229 e. The minimum Gasteiger partial charge on any atom is -0.496 e. The van der Waals surface area contributed by atoms with Crippen LogP contribution >= 0.6 is 0 Å². The number of ether oxygens (including phenoxy) is 1. The highest BCUT2D eigenvalue weighted by Gasteiger charge is 2.39. The predicted octanol–water partition coefficient (Wildman–Crippen LogP) is 3.62. The van der Waals surface area contributed by atoms with E-state index in [4.69, 9.17) is 15.5 Å². The number of ketones is 1. The average Bonchev–Trinajstić information content (AvgIpc) is 2.78. The summed E-state index contributed by atoms with van der Waals surface area (Å²) in [5.74, 6) is 2.38. The summed E-state index contributed by atoms with van der Waals surface area (Å²) in [4.78, 5) is 24.8. The number of piperidine rings is 1. The van der Waals surface area contributed by atoms with Gasteiger partial charge in [0.15, 0.2) is 5.78 Å². The second-order valence-electron chi connectivity index (χ2n) is 8.19. The fraction of sp³-hybridized carbons (Fsp3) is 0.435. The van der Waals surface area contributed by atoms with Gasteiger partial charge < -0.3 is 20.7 Å². The molecule has 2 aromatic rings. The highest BCUT2D eigenvalue weighted by molar-refractivity contribution is 6.01. The number of anilines is 3. The largest absolute Gasteiger partial charge is 0.496 e. The molecular weight excluding hydrogens is 378 g/mol. The molecule has 5 rings (SSSR count). The Morgan fingerprint density at radius 1 is 1.10 bits per heavy atom. The number of aromatic nitrogens is 2. The van der Waals surface area contributed by atoms with E-state index in [1.807, 2.05) is 24.3 Å². The van der Waals surface area contributed by atoms with Crippen LogP contribution in [0.1, 0.15) is 55.6 Å². The molecule has 0 saturated carbocycles. The first-order valence-electron chi connectivity index (χ1n) is 10.8. The van der Waals surface area contributed by atoms with Crippen LogP contribution in [0.5, 0.6) is 5.75 Å². The third-order valence-electron chi connectivity index (χ3n) is 6.35. The SMILES string of the molecule is COc1ccccc1[C@@H]1C2=C(CCCC2=O)Nc2nc(N3CCCCC3)nc(N)c21. The lowest BCUT2D eigenvalue weighted by Crippen LogP contribution is -2.33. The van der Waals surface area contributed by atoms with E-state index in [1.54, 1.807) is 7.11 Å². The van der Waals surface area contributed by atoms with Crippen molar-refractivity contribution >= 4 is 23.4 Å². The van der Waals surface area contributed by atoms with Crippen LogP contribution < -0.4 is 20.7 Å². The van der Waals surface area contributed by atoms with Crippen LogP contribution in [-0.4, -0.2) is 36.0 Å². The maximum absolute atomic E-state index is 13.0. The zero-order chi connectivity index (χ0) is 20.7. The van der Waals surface area contributed by atoms with E-state index in [9.17, 15) is 4.79 Å². The summed E-state index contributed by atoms with van der Waals surface area (Å²) in [5.41, 5.74) is 9.97. The summed E-state index contributed by atoms with van der Waals surface area (Å²) in [5, 5.41) is 3.45. The summed E-state index contributed by atoms with van der Waals surface area (Å²) in [6, 6.07) is 7.82. The molecule has 3 aliphatic rings. The maximum Gasteiger partial charge on any atom is 0.229 e. The summed E-state index contributed by atoms with van der Waals surface area (Å²) >= 11 is 0. The zero-order valence-corrected chi connectivity index (χ0v) is 17.3. The van der Waals surface area contributed by atoms with Gasteiger partial charge in [0.2, 0.25) is 5.95 Å². The number of nitrogens with two attached hydrogens (primary N) is 1. The Balaban J connectivity index is 1.69. The van der Waals surface area contributed by atoms with Crippen molar-refractivity contribution in [2.75, 3.05) is 36.1 Å². The predicted molar refractivity (Wildman–Crippen MR) is 117 cm³/mol. The molecule has 3 N–H and O–H groups in total. The van der Waals surface area contributed by atoms with Crippen molar-refractivity contribution in [3.8, 4) is 5.75 Å². The second-order valence-corrected chi connectivity index (χ2v) is 8.19. The molecule has 1 aromatic carbocycles. The number of carbonyl (C=O) groups is 1. The number of fused-ring (bicyclic) bond motifs is 1. The van der Waals surface area contributed by atoms with Crippen molar-refractivity contribution in [2.45, 2.75) is 44.4 Å². The minimum absolute atomic E-state index is 0.157. The van der Waals surface area contributed by atoms with Gasteiger partial charge in [-0.1, -0.05) is 18.2 Å². The number of benzene rings is 1. The number of rotatable bonds is 3. The van der Waals surface area contributed by atoms with Crippen LogP contribution in [0.3, 0.4) is 0 Å². The maximum atomic E-state index is 13.0. The normalized spacial score (nSPS) is 21.0. The molecule has 2 aliphatic heterocycles. The van der Waals surface area contributed by atoms with Crippen molar-refractivity contribution in [1.82, 2.24) is 9.97 Å². The van der Waals surface area contributed by atoms with Gasteiger partial charge >= 0.3 is 0 Å². The first-order chi connectivity index (χ1) is 14.7. The number of hydrogen-bond acceptors (Lipinski definition) is 7. The lowest BCUT2D eigenvalue weighted by atomic mass is 9.76. The minimum atomic E-state index is -0.324. The molecule has 0 bridgehead atoms. The van der Waals surface area contributed by atoms with Crippen LogP contribution in [0.4, 0.5) is 17.6 Å². The van der Waals surface area contributed by atoms with Crippen LogP contribution in [-0.2, 0) is 4.79 Å². The Labute approximate surface area is 176 Å². The Hall–Kier alpha value is -3.09. The fourth-order valence-electron chi connectivity index (χ4n) is 4.92. The average molecular weight is 406 g/mol. The first kappa shape index (κ1) is 18.9. The van der Waals surface area contributed by atoms with Crippen LogP contribution in [0, 0.1) is 0 Å². The van der Waals surface area contributed by atoms with Crippen molar-refractivity contribution in [3.63, 3.8) is 0 Å². The van der Waals surface area contributed by atoms with Gasteiger partial charge in [0.1, 0.15) is 17.4 Å². The summed E-state index contributed by atoms with van der Waals surface area (Å²) in [6.07, 6.45) is 5.74. The molecule has 30 heavy (non-hydrogen) atoms. The van der Waals surface area contributed by atoms with Crippen molar-refractivity contribution in [2.24, 2.45) is 0 Å². The molecule has 1 aliphatic carbocycles. The molecule has 1 saturated heterocycles.